The summed E-state index contributed by atoms with van der Waals surface area (Å²) < 4.78 is 0. The number of aromatic nitrogens is 2. The van der Waals surface area contributed by atoms with E-state index in [1.807, 2.05) is 38.4 Å². The first-order valence-corrected chi connectivity index (χ1v) is 7.69. The minimum absolute atomic E-state index is 0.168. The first-order valence-electron chi connectivity index (χ1n) is 7.69. The summed E-state index contributed by atoms with van der Waals surface area (Å²) in [7, 11) is 4.08. The van der Waals surface area contributed by atoms with Gasteiger partial charge in [-0.1, -0.05) is 36.4 Å². The van der Waals surface area contributed by atoms with Gasteiger partial charge in [0.05, 0.1) is 5.69 Å². The summed E-state index contributed by atoms with van der Waals surface area (Å²) in [6, 6.07) is 15.3. The average Bonchev–Trinajstić information content (AvgIpc) is 2.56. The number of aromatic hydroxyl groups is 1. The lowest BCUT2D eigenvalue weighted by Gasteiger charge is -2.13. The summed E-state index contributed by atoms with van der Waals surface area (Å²) in [5.41, 5.74) is 10.1. The first-order chi connectivity index (χ1) is 11.5. The molecule has 0 aliphatic carbocycles. The second-order valence-electron chi connectivity index (χ2n) is 5.94. The van der Waals surface area contributed by atoms with Crippen LogP contribution in [0.15, 0.2) is 54.7 Å². The van der Waals surface area contributed by atoms with Crippen molar-refractivity contribution in [2.75, 3.05) is 19.8 Å². The lowest BCUT2D eigenvalue weighted by molar-refractivity contribution is 0.402. The van der Waals surface area contributed by atoms with Gasteiger partial charge < -0.3 is 15.7 Å². The van der Waals surface area contributed by atoms with Crippen molar-refractivity contribution in [2.24, 2.45) is 0 Å². The Morgan fingerprint density at radius 1 is 1.00 bits per heavy atom. The third-order valence-electron chi connectivity index (χ3n) is 3.73. The van der Waals surface area contributed by atoms with Crippen LogP contribution in [0.25, 0.3) is 22.4 Å². The van der Waals surface area contributed by atoms with Gasteiger partial charge in [-0.25, -0.2) is 9.97 Å². The number of hydrogen-bond acceptors (Lipinski definition) is 5. The monoisotopic (exact) mass is 320 g/mol. The number of anilines is 1. The van der Waals surface area contributed by atoms with E-state index in [0.29, 0.717) is 11.3 Å². The Balaban J connectivity index is 2.07. The highest BCUT2D eigenvalue weighted by molar-refractivity contribution is 5.83. The van der Waals surface area contributed by atoms with E-state index in [2.05, 4.69) is 27.0 Å². The number of phenols is 1. The zero-order valence-corrected chi connectivity index (χ0v) is 13.8. The van der Waals surface area contributed by atoms with Gasteiger partial charge in [-0.3, -0.25) is 0 Å². The van der Waals surface area contributed by atoms with Crippen LogP contribution in [0.5, 0.6) is 5.75 Å². The van der Waals surface area contributed by atoms with Gasteiger partial charge in [-0.15, -0.1) is 0 Å². The van der Waals surface area contributed by atoms with Crippen molar-refractivity contribution in [1.82, 2.24) is 14.9 Å². The molecule has 0 amide bonds. The minimum Gasteiger partial charge on any atom is -0.507 e. The molecule has 0 radical (unpaired) electrons. The molecule has 0 fully saturated rings. The summed E-state index contributed by atoms with van der Waals surface area (Å²) in [4.78, 5) is 10.6. The minimum atomic E-state index is 0.168. The molecule has 0 saturated carbocycles. The fourth-order valence-corrected chi connectivity index (χ4v) is 2.64. The second kappa shape index (κ2) is 6.68. The van der Waals surface area contributed by atoms with Gasteiger partial charge in [-0.05, 0) is 37.4 Å². The van der Waals surface area contributed by atoms with Crippen LogP contribution < -0.4 is 5.73 Å². The van der Waals surface area contributed by atoms with Gasteiger partial charge >= 0.3 is 0 Å². The lowest BCUT2D eigenvalue weighted by Crippen LogP contribution is -2.10. The number of nitrogen functional groups attached to an aromatic ring is 1. The zero-order valence-electron chi connectivity index (χ0n) is 13.8. The van der Waals surface area contributed by atoms with E-state index in [-0.39, 0.29) is 11.7 Å². The van der Waals surface area contributed by atoms with E-state index in [9.17, 15) is 5.11 Å². The van der Waals surface area contributed by atoms with Gasteiger partial charge in [0.1, 0.15) is 5.75 Å². The fraction of sp³-hybridized carbons (Fsp3) is 0.158. The number of nitrogens with zero attached hydrogens (tertiary/aromatic N) is 3. The van der Waals surface area contributed by atoms with E-state index >= 15 is 0 Å². The van der Waals surface area contributed by atoms with Gasteiger partial charge in [0.15, 0.2) is 0 Å². The zero-order chi connectivity index (χ0) is 17.1. The van der Waals surface area contributed by atoms with Crippen LogP contribution >= 0.6 is 0 Å². The highest BCUT2D eigenvalue weighted by Crippen LogP contribution is 2.35. The molecule has 5 nitrogen and oxygen atoms in total. The molecular weight excluding hydrogens is 300 g/mol. The molecule has 2 aromatic carbocycles. The number of phenolic OH excluding ortho intramolecular Hbond substituents is 1. The van der Waals surface area contributed by atoms with Crippen LogP contribution in [0.3, 0.4) is 0 Å². The predicted molar refractivity (Wildman–Crippen MR) is 96.4 cm³/mol. The van der Waals surface area contributed by atoms with Crippen LogP contribution in [0.4, 0.5) is 5.95 Å². The highest BCUT2D eigenvalue weighted by atomic mass is 16.3. The molecule has 5 heteroatoms. The molecule has 0 aliphatic heterocycles. The summed E-state index contributed by atoms with van der Waals surface area (Å²) >= 11 is 0. The normalized spacial score (nSPS) is 11.0. The number of benzene rings is 2. The van der Waals surface area contributed by atoms with Crippen LogP contribution in [0.1, 0.15) is 5.56 Å². The molecule has 0 unspecified atom stereocenters. The Labute approximate surface area is 141 Å². The molecule has 0 atom stereocenters. The summed E-state index contributed by atoms with van der Waals surface area (Å²) in [5, 5.41) is 10.2. The molecule has 0 bridgehead atoms. The Morgan fingerprint density at radius 3 is 2.38 bits per heavy atom. The Morgan fingerprint density at radius 2 is 1.71 bits per heavy atom. The smallest absolute Gasteiger partial charge is 0.220 e. The number of para-hydroxylation sites is 1. The van der Waals surface area contributed by atoms with Crippen LogP contribution in [-0.2, 0) is 6.54 Å². The average molecular weight is 320 g/mol. The SMILES string of the molecule is CN(C)Cc1ccc(-c2cnc(N)nc2-c2ccccc2O)cc1. The first kappa shape index (κ1) is 16.0. The van der Waals surface area contributed by atoms with E-state index in [0.717, 1.165) is 17.7 Å². The fourth-order valence-electron chi connectivity index (χ4n) is 2.64. The van der Waals surface area contributed by atoms with Crippen molar-refractivity contribution < 1.29 is 5.11 Å². The molecule has 122 valence electrons. The summed E-state index contributed by atoms with van der Waals surface area (Å²) in [6.45, 7) is 0.880. The molecule has 0 saturated heterocycles. The molecule has 3 aromatic rings. The van der Waals surface area contributed by atoms with E-state index in [1.165, 1.54) is 5.56 Å². The molecule has 24 heavy (non-hydrogen) atoms. The van der Waals surface area contributed by atoms with Gasteiger partial charge in [0.25, 0.3) is 0 Å². The van der Waals surface area contributed by atoms with E-state index < -0.39 is 0 Å². The maximum atomic E-state index is 10.2. The Kier molecular flexibility index (Phi) is 4.44. The van der Waals surface area contributed by atoms with Crippen LogP contribution in [0.2, 0.25) is 0 Å². The standard InChI is InChI=1S/C19H20N4O/c1-23(2)12-13-7-9-14(10-8-13)16-11-21-19(20)22-18(16)15-5-3-4-6-17(15)24/h3-11,24H,12H2,1-2H3,(H2,20,21,22). The topological polar surface area (TPSA) is 75.3 Å². The van der Waals surface area contributed by atoms with Crippen LogP contribution in [-0.4, -0.2) is 34.1 Å². The van der Waals surface area contributed by atoms with Crippen molar-refractivity contribution >= 4 is 5.95 Å². The van der Waals surface area contributed by atoms with E-state index in [4.69, 9.17) is 5.73 Å². The van der Waals surface area contributed by atoms with Gasteiger partial charge in [0.2, 0.25) is 5.95 Å². The molecular formula is C19H20N4O. The maximum Gasteiger partial charge on any atom is 0.220 e. The molecule has 3 N–H and O–H groups in total. The second-order valence-corrected chi connectivity index (χ2v) is 5.94. The Bertz CT molecular complexity index is 844. The summed E-state index contributed by atoms with van der Waals surface area (Å²) in [6.07, 6.45) is 1.70. The van der Waals surface area contributed by atoms with Gasteiger partial charge in [0, 0.05) is 23.9 Å². The van der Waals surface area contributed by atoms with Crippen molar-refractivity contribution in [2.45, 2.75) is 6.54 Å². The number of nitrogens with two attached hydrogens (primary N) is 1. The molecule has 1 heterocycles. The van der Waals surface area contributed by atoms with Crippen molar-refractivity contribution in [1.29, 1.82) is 0 Å². The largest absolute Gasteiger partial charge is 0.507 e. The maximum absolute atomic E-state index is 10.2. The van der Waals surface area contributed by atoms with Gasteiger partial charge in [-0.2, -0.15) is 0 Å². The number of hydrogen-bond donors (Lipinski definition) is 2. The van der Waals surface area contributed by atoms with Crippen molar-refractivity contribution in [3.8, 4) is 28.1 Å². The molecule has 0 spiro atoms. The molecule has 1 aromatic heterocycles. The van der Waals surface area contributed by atoms with Crippen LogP contribution in [0, 0.1) is 0 Å². The third-order valence-corrected chi connectivity index (χ3v) is 3.73. The highest BCUT2D eigenvalue weighted by Gasteiger charge is 2.13. The van der Waals surface area contributed by atoms with Crippen molar-refractivity contribution in [3.05, 3.63) is 60.3 Å². The third kappa shape index (κ3) is 3.36. The van der Waals surface area contributed by atoms with Crippen molar-refractivity contribution in [3.63, 3.8) is 0 Å². The molecule has 0 aliphatic rings. The number of rotatable bonds is 4. The summed E-state index contributed by atoms with van der Waals surface area (Å²) in [5.74, 6) is 0.349. The Hall–Kier alpha value is -2.92. The van der Waals surface area contributed by atoms with E-state index in [1.54, 1.807) is 18.3 Å². The lowest BCUT2D eigenvalue weighted by atomic mass is 9.99. The molecule has 3 rings (SSSR count). The predicted octanol–water partition coefficient (Wildman–Crippen LogP) is 3.16. The quantitative estimate of drug-likeness (QED) is 0.772.